The van der Waals surface area contributed by atoms with Gasteiger partial charge >= 0.3 is 0 Å². The average Bonchev–Trinajstić information content (AvgIpc) is 2.52. The van der Waals surface area contributed by atoms with Crippen molar-refractivity contribution in [1.29, 1.82) is 10.5 Å². The molecular weight excluding hydrogens is 286 g/mol. The SMILES string of the molecule is COc1ccc(C#N)cc1CNc1cc(Cl)ccc1C#N. The molecule has 0 saturated heterocycles. The molecule has 0 amide bonds. The van der Waals surface area contributed by atoms with Gasteiger partial charge in [-0.25, -0.2) is 0 Å². The molecule has 0 atom stereocenters. The van der Waals surface area contributed by atoms with Crippen LogP contribution in [-0.2, 0) is 6.54 Å². The van der Waals surface area contributed by atoms with Gasteiger partial charge in [0.25, 0.3) is 0 Å². The van der Waals surface area contributed by atoms with Crippen molar-refractivity contribution in [2.75, 3.05) is 12.4 Å². The summed E-state index contributed by atoms with van der Waals surface area (Å²) in [6.07, 6.45) is 0. The molecule has 0 saturated carbocycles. The van der Waals surface area contributed by atoms with Gasteiger partial charge in [0.2, 0.25) is 0 Å². The number of nitrogens with one attached hydrogen (secondary N) is 1. The van der Waals surface area contributed by atoms with Gasteiger partial charge in [-0.15, -0.1) is 0 Å². The van der Waals surface area contributed by atoms with E-state index in [0.717, 1.165) is 5.56 Å². The molecule has 0 heterocycles. The molecule has 0 aromatic heterocycles. The summed E-state index contributed by atoms with van der Waals surface area (Å²) in [6, 6.07) is 14.4. The summed E-state index contributed by atoms with van der Waals surface area (Å²) in [7, 11) is 1.57. The number of anilines is 1. The predicted molar refractivity (Wildman–Crippen MR) is 81.2 cm³/mol. The number of rotatable bonds is 4. The molecule has 5 heteroatoms. The second kappa shape index (κ2) is 6.65. The van der Waals surface area contributed by atoms with Crippen LogP contribution in [0, 0.1) is 22.7 Å². The molecule has 0 radical (unpaired) electrons. The van der Waals surface area contributed by atoms with Crippen LogP contribution in [0.2, 0.25) is 5.02 Å². The van der Waals surface area contributed by atoms with E-state index >= 15 is 0 Å². The van der Waals surface area contributed by atoms with E-state index in [2.05, 4.69) is 17.5 Å². The number of benzene rings is 2. The topological polar surface area (TPSA) is 68.8 Å². The predicted octanol–water partition coefficient (Wildman–Crippen LogP) is 3.70. The summed E-state index contributed by atoms with van der Waals surface area (Å²) in [5.74, 6) is 0.682. The van der Waals surface area contributed by atoms with Crippen LogP contribution in [0.3, 0.4) is 0 Å². The molecule has 0 bridgehead atoms. The Balaban J connectivity index is 2.26. The summed E-state index contributed by atoms with van der Waals surface area (Å²) in [4.78, 5) is 0. The van der Waals surface area contributed by atoms with E-state index in [1.165, 1.54) is 0 Å². The Kier molecular flexibility index (Phi) is 4.66. The van der Waals surface area contributed by atoms with Gasteiger partial charge in [-0.3, -0.25) is 0 Å². The number of ether oxygens (including phenoxy) is 1. The second-order valence-electron chi connectivity index (χ2n) is 4.29. The molecule has 0 fully saturated rings. The first-order valence-corrected chi connectivity index (χ1v) is 6.56. The highest BCUT2D eigenvalue weighted by atomic mass is 35.5. The van der Waals surface area contributed by atoms with E-state index in [9.17, 15) is 0 Å². The van der Waals surface area contributed by atoms with Gasteiger partial charge in [-0.05, 0) is 36.4 Å². The molecule has 0 spiro atoms. The van der Waals surface area contributed by atoms with Crippen LogP contribution in [-0.4, -0.2) is 7.11 Å². The van der Waals surface area contributed by atoms with Crippen molar-refractivity contribution in [3.05, 3.63) is 58.1 Å². The van der Waals surface area contributed by atoms with Gasteiger partial charge < -0.3 is 10.1 Å². The lowest BCUT2D eigenvalue weighted by atomic mass is 10.1. The van der Waals surface area contributed by atoms with Crippen LogP contribution in [0.5, 0.6) is 5.75 Å². The van der Waals surface area contributed by atoms with Crippen LogP contribution in [0.4, 0.5) is 5.69 Å². The average molecular weight is 298 g/mol. The second-order valence-corrected chi connectivity index (χ2v) is 4.73. The van der Waals surface area contributed by atoms with Crippen LogP contribution in [0.25, 0.3) is 0 Å². The van der Waals surface area contributed by atoms with Gasteiger partial charge in [-0.2, -0.15) is 10.5 Å². The Morgan fingerprint density at radius 2 is 1.95 bits per heavy atom. The number of nitriles is 2. The Hall–Kier alpha value is -2.69. The largest absolute Gasteiger partial charge is 0.496 e. The molecule has 1 N–H and O–H groups in total. The van der Waals surface area contributed by atoms with Gasteiger partial charge in [-0.1, -0.05) is 11.6 Å². The molecule has 2 aromatic rings. The maximum absolute atomic E-state index is 9.09. The maximum atomic E-state index is 9.09. The van der Waals surface area contributed by atoms with E-state index in [-0.39, 0.29) is 0 Å². The monoisotopic (exact) mass is 297 g/mol. The van der Waals surface area contributed by atoms with Crippen molar-refractivity contribution in [2.24, 2.45) is 0 Å². The van der Waals surface area contributed by atoms with E-state index in [0.29, 0.717) is 34.1 Å². The highest BCUT2D eigenvalue weighted by Gasteiger charge is 2.07. The van der Waals surface area contributed by atoms with E-state index in [1.54, 1.807) is 43.5 Å². The zero-order chi connectivity index (χ0) is 15.2. The van der Waals surface area contributed by atoms with Gasteiger partial charge in [0.1, 0.15) is 11.8 Å². The number of hydrogen-bond acceptors (Lipinski definition) is 4. The first kappa shape index (κ1) is 14.7. The van der Waals surface area contributed by atoms with Crippen molar-refractivity contribution >= 4 is 17.3 Å². The first-order valence-electron chi connectivity index (χ1n) is 6.18. The lowest BCUT2D eigenvalue weighted by Crippen LogP contribution is -2.03. The van der Waals surface area contributed by atoms with Gasteiger partial charge in [0.15, 0.2) is 0 Å². The lowest BCUT2D eigenvalue weighted by molar-refractivity contribution is 0.410. The molecule has 104 valence electrons. The third-order valence-electron chi connectivity index (χ3n) is 2.98. The minimum absolute atomic E-state index is 0.424. The van der Waals surface area contributed by atoms with Crippen molar-refractivity contribution in [2.45, 2.75) is 6.54 Å². The Labute approximate surface area is 128 Å². The number of methoxy groups -OCH3 is 1. The summed E-state index contributed by atoms with van der Waals surface area (Å²) in [6.45, 7) is 0.424. The van der Waals surface area contributed by atoms with Crippen LogP contribution in [0.15, 0.2) is 36.4 Å². The van der Waals surface area contributed by atoms with Crippen molar-refractivity contribution in [1.82, 2.24) is 0 Å². The summed E-state index contributed by atoms with van der Waals surface area (Å²) in [5, 5.41) is 21.7. The molecule has 0 unspecified atom stereocenters. The highest BCUT2D eigenvalue weighted by molar-refractivity contribution is 6.30. The number of halogens is 1. The van der Waals surface area contributed by atoms with Crippen LogP contribution >= 0.6 is 11.6 Å². The maximum Gasteiger partial charge on any atom is 0.123 e. The standard InChI is InChI=1S/C16H12ClN3O/c1-21-16-5-2-11(8-18)6-13(16)10-20-15-7-14(17)4-3-12(15)9-19/h2-7,20H,10H2,1H3. The van der Waals surface area contributed by atoms with Gasteiger partial charge in [0, 0.05) is 17.1 Å². The molecule has 4 nitrogen and oxygen atoms in total. The Bertz CT molecular complexity index is 744. The fourth-order valence-corrected chi connectivity index (χ4v) is 2.11. The summed E-state index contributed by atoms with van der Waals surface area (Å²) < 4.78 is 5.27. The molecule has 0 aliphatic rings. The lowest BCUT2D eigenvalue weighted by Gasteiger charge is -2.12. The fraction of sp³-hybridized carbons (Fsp3) is 0.125. The van der Waals surface area contributed by atoms with Crippen molar-refractivity contribution < 1.29 is 4.74 Å². The Morgan fingerprint density at radius 1 is 1.14 bits per heavy atom. The fourth-order valence-electron chi connectivity index (χ4n) is 1.94. The van der Waals surface area contributed by atoms with E-state index in [1.807, 2.05) is 0 Å². The first-order chi connectivity index (χ1) is 10.2. The number of nitrogens with zero attached hydrogens (tertiary/aromatic N) is 2. The third kappa shape index (κ3) is 3.45. The van der Waals surface area contributed by atoms with Crippen LogP contribution < -0.4 is 10.1 Å². The minimum Gasteiger partial charge on any atom is -0.496 e. The number of hydrogen-bond donors (Lipinski definition) is 1. The molecule has 21 heavy (non-hydrogen) atoms. The summed E-state index contributed by atoms with van der Waals surface area (Å²) >= 11 is 5.94. The van der Waals surface area contributed by atoms with Gasteiger partial charge in [0.05, 0.1) is 30.0 Å². The van der Waals surface area contributed by atoms with Crippen molar-refractivity contribution in [3.63, 3.8) is 0 Å². The molecule has 2 rings (SSSR count). The smallest absolute Gasteiger partial charge is 0.123 e. The van der Waals surface area contributed by atoms with E-state index in [4.69, 9.17) is 26.9 Å². The zero-order valence-corrected chi connectivity index (χ0v) is 12.1. The Morgan fingerprint density at radius 3 is 2.62 bits per heavy atom. The van der Waals surface area contributed by atoms with Crippen LogP contribution in [0.1, 0.15) is 16.7 Å². The molecule has 2 aromatic carbocycles. The highest BCUT2D eigenvalue weighted by Crippen LogP contribution is 2.24. The third-order valence-corrected chi connectivity index (χ3v) is 3.22. The zero-order valence-electron chi connectivity index (χ0n) is 11.4. The summed E-state index contributed by atoms with van der Waals surface area (Å²) in [5.41, 5.74) is 2.55. The molecular formula is C16H12ClN3O. The molecule has 0 aliphatic carbocycles. The minimum atomic E-state index is 0.424. The molecule has 0 aliphatic heterocycles. The normalized spacial score (nSPS) is 9.52. The van der Waals surface area contributed by atoms with Crippen molar-refractivity contribution in [3.8, 4) is 17.9 Å². The van der Waals surface area contributed by atoms with E-state index < -0.39 is 0 Å². The quantitative estimate of drug-likeness (QED) is 0.934.